The molecule has 0 radical (unpaired) electrons. The molecular weight excluding hydrogens is 498 g/mol. The zero-order chi connectivity index (χ0) is 26.9. The molecule has 1 aromatic carbocycles. The number of nitrogens with one attached hydrogen (secondary N) is 2. The van der Waals surface area contributed by atoms with Crippen LogP contribution < -0.4 is 25.3 Å². The fourth-order valence-corrected chi connectivity index (χ4v) is 5.40. The van der Waals surface area contributed by atoms with Crippen molar-refractivity contribution in [3.05, 3.63) is 66.8 Å². The molecule has 5 heterocycles. The fourth-order valence-electron chi connectivity index (χ4n) is 5.40. The summed E-state index contributed by atoms with van der Waals surface area (Å²) in [6.07, 6.45) is 6.63. The molecule has 3 aliphatic rings. The summed E-state index contributed by atoms with van der Waals surface area (Å²) in [5.74, 6) is 1.50. The molecule has 2 aromatic heterocycles. The number of rotatable bonds is 8. The highest BCUT2D eigenvalue weighted by Crippen LogP contribution is 2.43. The van der Waals surface area contributed by atoms with Crippen LogP contribution in [-0.4, -0.2) is 59.9 Å². The van der Waals surface area contributed by atoms with Crippen LogP contribution in [0.3, 0.4) is 0 Å². The SMILES string of the molecule is C=CC(=O)Nc1cc(Nc2cc(N3OCC[C@@H]3c3ccc(C)nc3)ncn2)c(OC)cc1N1C[C@H]2C[C@@H]1CO2. The maximum Gasteiger partial charge on any atom is 0.247 e. The number of anilines is 5. The van der Waals surface area contributed by atoms with Crippen LogP contribution in [0.1, 0.15) is 30.1 Å². The second-order valence-corrected chi connectivity index (χ2v) is 9.84. The summed E-state index contributed by atoms with van der Waals surface area (Å²) in [5.41, 5.74) is 4.21. The summed E-state index contributed by atoms with van der Waals surface area (Å²) in [6, 6.07) is 9.95. The van der Waals surface area contributed by atoms with E-state index in [0.29, 0.717) is 42.0 Å². The number of aromatic nitrogens is 3. The van der Waals surface area contributed by atoms with Crippen LogP contribution in [0.25, 0.3) is 0 Å². The number of hydrogen-bond donors (Lipinski definition) is 2. The van der Waals surface area contributed by atoms with Gasteiger partial charge >= 0.3 is 0 Å². The first-order valence-corrected chi connectivity index (χ1v) is 13.0. The van der Waals surface area contributed by atoms with Crippen LogP contribution in [0.5, 0.6) is 5.75 Å². The Hall–Kier alpha value is -4.22. The number of pyridine rings is 1. The number of hydrogen-bond acceptors (Lipinski definition) is 10. The molecule has 3 atom stereocenters. The summed E-state index contributed by atoms with van der Waals surface area (Å²) in [5, 5.41) is 8.10. The number of hydroxylamine groups is 1. The van der Waals surface area contributed by atoms with E-state index in [1.807, 2.05) is 37.4 Å². The minimum Gasteiger partial charge on any atom is -0.494 e. The van der Waals surface area contributed by atoms with Crippen molar-refractivity contribution in [2.24, 2.45) is 0 Å². The lowest BCUT2D eigenvalue weighted by Crippen LogP contribution is -2.37. The predicted octanol–water partition coefficient (Wildman–Crippen LogP) is 3.92. The predicted molar refractivity (Wildman–Crippen MR) is 147 cm³/mol. The Morgan fingerprint density at radius 1 is 1.21 bits per heavy atom. The largest absolute Gasteiger partial charge is 0.494 e. The van der Waals surface area contributed by atoms with Crippen molar-refractivity contribution in [3.63, 3.8) is 0 Å². The van der Waals surface area contributed by atoms with Gasteiger partial charge in [0, 0.05) is 37.0 Å². The van der Waals surface area contributed by atoms with E-state index in [1.54, 1.807) is 12.2 Å². The lowest BCUT2D eigenvalue weighted by Gasteiger charge is -2.31. The maximum atomic E-state index is 12.3. The first-order chi connectivity index (χ1) is 19.0. The molecule has 0 aliphatic carbocycles. The monoisotopic (exact) mass is 529 g/mol. The summed E-state index contributed by atoms with van der Waals surface area (Å²) in [4.78, 5) is 33.9. The molecule has 3 aromatic rings. The zero-order valence-corrected chi connectivity index (χ0v) is 22.0. The highest BCUT2D eigenvalue weighted by molar-refractivity contribution is 6.02. The van der Waals surface area contributed by atoms with Crippen molar-refractivity contribution >= 4 is 34.6 Å². The molecule has 3 aliphatic heterocycles. The first-order valence-electron chi connectivity index (χ1n) is 13.0. The van der Waals surface area contributed by atoms with E-state index in [2.05, 4.69) is 43.1 Å². The molecule has 11 nitrogen and oxygen atoms in total. The second-order valence-electron chi connectivity index (χ2n) is 9.84. The molecule has 3 fully saturated rings. The van der Waals surface area contributed by atoms with Gasteiger partial charge in [0.25, 0.3) is 0 Å². The van der Waals surface area contributed by atoms with Crippen LogP contribution in [-0.2, 0) is 14.4 Å². The van der Waals surface area contributed by atoms with Gasteiger partial charge in [-0.1, -0.05) is 12.6 Å². The second kappa shape index (κ2) is 10.5. The van der Waals surface area contributed by atoms with Crippen molar-refractivity contribution in [1.29, 1.82) is 0 Å². The van der Waals surface area contributed by atoms with Gasteiger partial charge in [-0.05, 0) is 37.1 Å². The van der Waals surface area contributed by atoms with Gasteiger partial charge in [-0.15, -0.1) is 0 Å². The molecule has 39 heavy (non-hydrogen) atoms. The van der Waals surface area contributed by atoms with Crippen molar-refractivity contribution in [2.75, 3.05) is 47.5 Å². The molecule has 1 amide bonds. The normalized spacial score (nSPS) is 21.7. The summed E-state index contributed by atoms with van der Waals surface area (Å²) < 4.78 is 11.5. The number of amides is 1. The fraction of sp³-hybridized carbons (Fsp3) is 0.357. The van der Waals surface area contributed by atoms with E-state index in [9.17, 15) is 4.79 Å². The van der Waals surface area contributed by atoms with Crippen molar-refractivity contribution < 1.29 is 19.1 Å². The lowest BCUT2D eigenvalue weighted by molar-refractivity contribution is -0.111. The zero-order valence-electron chi connectivity index (χ0n) is 22.0. The van der Waals surface area contributed by atoms with E-state index in [-0.39, 0.29) is 24.1 Å². The number of ether oxygens (including phenoxy) is 2. The van der Waals surface area contributed by atoms with Gasteiger partial charge in [-0.3, -0.25) is 14.6 Å². The quantitative estimate of drug-likeness (QED) is 0.416. The third kappa shape index (κ3) is 4.98. The smallest absolute Gasteiger partial charge is 0.247 e. The van der Waals surface area contributed by atoms with Crippen molar-refractivity contribution in [2.45, 2.75) is 38.0 Å². The van der Waals surface area contributed by atoms with E-state index < -0.39 is 0 Å². The summed E-state index contributed by atoms with van der Waals surface area (Å²) in [7, 11) is 1.62. The molecule has 2 N–H and O–H groups in total. The Balaban J connectivity index is 1.30. The number of benzene rings is 1. The summed E-state index contributed by atoms with van der Waals surface area (Å²) >= 11 is 0. The van der Waals surface area contributed by atoms with Crippen LogP contribution in [0.4, 0.5) is 28.7 Å². The van der Waals surface area contributed by atoms with E-state index >= 15 is 0 Å². The standard InChI is InChI=1S/C28H31N7O4/c1-4-28(36)33-21-10-22(25(37-3)11-24(21)34-14-20-9-19(34)15-38-20)32-26-12-27(31-16-30-26)35-23(7-8-39-35)18-6-5-17(2)29-13-18/h4-6,10-13,16,19-20,23H,1,7-9,14-15H2,2-3H3,(H,33,36)(H,30,31,32)/t19-,20-,23-/m1/s1. The number of fused-ring (bicyclic) bond motifs is 2. The molecule has 3 saturated heterocycles. The molecule has 0 spiro atoms. The average molecular weight is 530 g/mol. The van der Waals surface area contributed by atoms with Crippen LogP contribution in [0, 0.1) is 6.92 Å². The highest BCUT2D eigenvalue weighted by atomic mass is 16.7. The lowest BCUT2D eigenvalue weighted by atomic mass is 10.1. The van der Waals surface area contributed by atoms with Crippen LogP contribution in [0.15, 0.2) is 55.5 Å². The van der Waals surface area contributed by atoms with Gasteiger partial charge in [-0.25, -0.2) is 15.0 Å². The molecule has 11 heteroatoms. The Bertz CT molecular complexity index is 1380. The van der Waals surface area contributed by atoms with Gasteiger partial charge in [0.1, 0.15) is 17.9 Å². The molecular formula is C28H31N7O4. The average Bonchev–Trinajstić information content (AvgIpc) is 3.72. The third-order valence-corrected chi connectivity index (χ3v) is 7.34. The number of aryl methyl sites for hydroxylation is 1. The van der Waals surface area contributed by atoms with Gasteiger partial charge in [0.15, 0.2) is 5.82 Å². The van der Waals surface area contributed by atoms with E-state index in [0.717, 1.165) is 36.3 Å². The third-order valence-electron chi connectivity index (χ3n) is 7.34. The van der Waals surface area contributed by atoms with Crippen LogP contribution in [0.2, 0.25) is 0 Å². The number of morpholine rings is 1. The molecule has 202 valence electrons. The van der Waals surface area contributed by atoms with Gasteiger partial charge in [0.2, 0.25) is 5.91 Å². The Labute approximate surface area is 226 Å². The summed E-state index contributed by atoms with van der Waals surface area (Å²) in [6.45, 7) is 7.58. The van der Waals surface area contributed by atoms with Crippen molar-refractivity contribution in [1.82, 2.24) is 15.0 Å². The maximum absolute atomic E-state index is 12.3. The first kappa shape index (κ1) is 25.1. The Kier molecular flexibility index (Phi) is 6.76. The van der Waals surface area contributed by atoms with Crippen LogP contribution >= 0.6 is 0 Å². The van der Waals surface area contributed by atoms with Gasteiger partial charge in [-0.2, -0.15) is 0 Å². The Morgan fingerprint density at radius 3 is 2.82 bits per heavy atom. The number of carbonyl (C=O) groups is 1. The molecule has 6 rings (SSSR count). The number of carbonyl (C=O) groups excluding carboxylic acids is 1. The molecule has 2 bridgehead atoms. The number of methoxy groups -OCH3 is 1. The van der Waals surface area contributed by atoms with Crippen molar-refractivity contribution in [3.8, 4) is 5.75 Å². The minimum absolute atomic E-state index is 0.00448. The topological polar surface area (TPSA) is 114 Å². The van der Waals surface area contributed by atoms with E-state index in [4.69, 9.17) is 14.3 Å². The Morgan fingerprint density at radius 2 is 2.10 bits per heavy atom. The minimum atomic E-state index is -0.292. The molecule has 0 saturated carbocycles. The van der Waals surface area contributed by atoms with Gasteiger partial charge < -0.3 is 25.0 Å². The van der Waals surface area contributed by atoms with E-state index in [1.165, 1.54) is 12.4 Å². The number of nitrogens with zero attached hydrogens (tertiary/aromatic N) is 5. The molecule has 0 unspecified atom stereocenters. The van der Waals surface area contributed by atoms with Gasteiger partial charge in [0.05, 0.1) is 55.6 Å². The highest BCUT2D eigenvalue weighted by Gasteiger charge is 2.40.